The van der Waals surface area contributed by atoms with Crippen LogP contribution < -0.4 is 10.1 Å². The number of anilines is 1. The second kappa shape index (κ2) is 7.95. The van der Waals surface area contributed by atoms with Crippen molar-refractivity contribution in [3.05, 3.63) is 59.2 Å². The summed E-state index contributed by atoms with van der Waals surface area (Å²) in [6.45, 7) is 1.95. The predicted molar refractivity (Wildman–Crippen MR) is 108 cm³/mol. The van der Waals surface area contributed by atoms with Gasteiger partial charge in [0.1, 0.15) is 5.75 Å². The Bertz CT molecular complexity index is 964. The molecule has 0 unspecified atom stereocenters. The maximum atomic E-state index is 12.9. The van der Waals surface area contributed by atoms with Crippen LogP contribution in [0.5, 0.6) is 5.75 Å². The van der Waals surface area contributed by atoms with Crippen molar-refractivity contribution in [1.82, 2.24) is 9.80 Å². The number of rotatable bonds is 3. The molecule has 0 radical (unpaired) electrons. The maximum Gasteiger partial charge on any atom is 0.254 e. The van der Waals surface area contributed by atoms with Gasteiger partial charge < -0.3 is 19.9 Å². The third-order valence-corrected chi connectivity index (χ3v) is 5.42. The lowest BCUT2D eigenvalue weighted by Gasteiger charge is -2.35. The summed E-state index contributed by atoms with van der Waals surface area (Å²) in [7, 11) is 1.57. The summed E-state index contributed by atoms with van der Waals surface area (Å²) in [5.74, 6) is 0.556. The maximum absolute atomic E-state index is 12.9. The fourth-order valence-electron chi connectivity index (χ4n) is 3.75. The first-order valence-electron chi connectivity index (χ1n) is 9.70. The van der Waals surface area contributed by atoms with Gasteiger partial charge in [-0.2, -0.15) is 0 Å². The number of piperazine rings is 1. The molecular formula is C22H23N3O4. The molecule has 150 valence electrons. The van der Waals surface area contributed by atoms with Crippen molar-refractivity contribution in [2.75, 3.05) is 38.6 Å². The van der Waals surface area contributed by atoms with Gasteiger partial charge in [0.2, 0.25) is 5.91 Å². The van der Waals surface area contributed by atoms with E-state index in [9.17, 15) is 14.4 Å². The number of aryl methyl sites for hydroxylation is 1. The molecule has 2 aliphatic rings. The number of ether oxygens (including phenoxy) is 1. The zero-order chi connectivity index (χ0) is 20.4. The van der Waals surface area contributed by atoms with Gasteiger partial charge in [-0.25, -0.2) is 0 Å². The second-order valence-corrected chi connectivity index (χ2v) is 7.24. The predicted octanol–water partition coefficient (Wildman–Crippen LogP) is 2.18. The lowest BCUT2D eigenvalue weighted by atomic mass is 10.00. The Kier molecular flexibility index (Phi) is 5.20. The van der Waals surface area contributed by atoms with E-state index in [4.69, 9.17) is 4.74 Å². The largest absolute Gasteiger partial charge is 0.497 e. The molecule has 0 spiro atoms. The first kappa shape index (κ1) is 19.0. The van der Waals surface area contributed by atoms with Crippen LogP contribution in [-0.2, 0) is 11.2 Å². The number of hydrogen-bond donors (Lipinski definition) is 1. The fraction of sp³-hybridized carbons (Fsp3) is 0.318. The summed E-state index contributed by atoms with van der Waals surface area (Å²) >= 11 is 0. The van der Waals surface area contributed by atoms with Crippen LogP contribution in [0.4, 0.5) is 5.69 Å². The van der Waals surface area contributed by atoms with E-state index in [0.717, 1.165) is 11.3 Å². The Morgan fingerprint density at radius 3 is 2.21 bits per heavy atom. The SMILES string of the molecule is COc1cccc(C(=O)N2CCN(C(=O)c3ccc4c(c3)CCC(=O)N4)CC2)c1. The minimum Gasteiger partial charge on any atom is -0.497 e. The van der Waals surface area contributed by atoms with Crippen molar-refractivity contribution in [2.24, 2.45) is 0 Å². The summed E-state index contributed by atoms with van der Waals surface area (Å²) in [5.41, 5.74) is 2.97. The van der Waals surface area contributed by atoms with Crippen LogP contribution in [0.2, 0.25) is 0 Å². The molecule has 29 heavy (non-hydrogen) atoms. The van der Waals surface area contributed by atoms with Crippen molar-refractivity contribution in [1.29, 1.82) is 0 Å². The Balaban J connectivity index is 1.40. The van der Waals surface area contributed by atoms with Gasteiger partial charge in [0.05, 0.1) is 7.11 Å². The van der Waals surface area contributed by atoms with Gasteiger partial charge >= 0.3 is 0 Å². The van der Waals surface area contributed by atoms with Crippen molar-refractivity contribution in [3.8, 4) is 5.75 Å². The molecule has 2 aromatic rings. The highest BCUT2D eigenvalue weighted by Gasteiger charge is 2.26. The van der Waals surface area contributed by atoms with E-state index in [0.29, 0.717) is 55.9 Å². The van der Waals surface area contributed by atoms with Gasteiger partial charge in [0.15, 0.2) is 0 Å². The van der Waals surface area contributed by atoms with Crippen LogP contribution in [0.15, 0.2) is 42.5 Å². The first-order chi connectivity index (χ1) is 14.0. The summed E-state index contributed by atoms with van der Waals surface area (Å²) in [6.07, 6.45) is 1.08. The molecule has 0 aliphatic carbocycles. The highest BCUT2D eigenvalue weighted by atomic mass is 16.5. The molecule has 2 aliphatic heterocycles. The third kappa shape index (κ3) is 3.94. The molecule has 1 fully saturated rings. The molecule has 1 saturated heterocycles. The number of amides is 3. The minimum atomic E-state index is -0.0551. The Morgan fingerprint density at radius 1 is 0.897 bits per heavy atom. The van der Waals surface area contributed by atoms with Gasteiger partial charge in [-0.1, -0.05) is 6.07 Å². The van der Waals surface area contributed by atoms with E-state index < -0.39 is 0 Å². The molecule has 0 atom stereocenters. The van der Waals surface area contributed by atoms with E-state index in [-0.39, 0.29) is 17.7 Å². The molecule has 7 nitrogen and oxygen atoms in total. The molecule has 2 heterocycles. The average Bonchev–Trinajstić information content (AvgIpc) is 2.78. The molecule has 0 bridgehead atoms. The molecule has 7 heteroatoms. The molecule has 0 saturated carbocycles. The van der Waals surface area contributed by atoms with Crippen LogP contribution >= 0.6 is 0 Å². The average molecular weight is 393 g/mol. The fourth-order valence-corrected chi connectivity index (χ4v) is 3.75. The monoisotopic (exact) mass is 393 g/mol. The van der Waals surface area contributed by atoms with E-state index in [1.54, 1.807) is 53.3 Å². The zero-order valence-corrected chi connectivity index (χ0v) is 16.3. The van der Waals surface area contributed by atoms with Crippen molar-refractivity contribution in [3.63, 3.8) is 0 Å². The van der Waals surface area contributed by atoms with Gasteiger partial charge in [0.25, 0.3) is 11.8 Å². The highest BCUT2D eigenvalue weighted by molar-refractivity contribution is 5.98. The minimum absolute atomic E-state index is 0.00778. The van der Waals surface area contributed by atoms with E-state index in [1.807, 2.05) is 6.07 Å². The standard InChI is InChI=1S/C22H23N3O4/c1-29-18-4-2-3-16(14-18)21(27)24-9-11-25(12-10-24)22(28)17-5-7-19-15(13-17)6-8-20(26)23-19/h2-5,7,13-14H,6,8-12H2,1H3,(H,23,26). The van der Waals surface area contributed by atoms with E-state index >= 15 is 0 Å². The van der Waals surface area contributed by atoms with Crippen LogP contribution in [0.3, 0.4) is 0 Å². The molecule has 0 aromatic heterocycles. The smallest absolute Gasteiger partial charge is 0.254 e. The summed E-state index contributed by atoms with van der Waals surface area (Å²) in [4.78, 5) is 40.7. The van der Waals surface area contributed by atoms with E-state index in [2.05, 4.69) is 5.32 Å². The van der Waals surface area contributed by atoms with Crippen molar-refractivity contribution >= 4 is 23.4 Å². The number of carbonyl (C=O) groups is 3. The highest BCUT2D eigenvalue weighted by Crippen LogP contribution is 2.24. The lowest BCUT2D eigenvalue weighted by molar-refractivity contribution is -0.116. The summed E-state index contributed by atoms with van der Waals surface area (Å²) < 4.78 is 5.19. The first-order valence-corrected chi connectivity index (χ1v) is 9.70. The molecular weight excluding hydrogens is 370 g/mol. The van der Waals surface area contributed by atoms with Crippen LogP contribution in [0, 0.1) is 0 Å². The second-order valence-electron chi connectivity index (χ2n) is 7.24. The van der Waals surface area contributed by atoms with Gasteiger partial charge in [-0.15, -0.1) is 0 Å². The lowest BCUT2D eigenvalue weighted by Crippen LogP contribution is -2.50. The number of nitrogens with one attached hydrogen (secondary N) is 1. The van der Waals surface area contributed by atoms with Crippen molar-refractivity contribution in [2.45, 2.75) is 12.8 Å². The number of nitrogens with zero attached hydrogens (tertiary/aromatic N) is 2. The normalized spacial score (nSPS) is 16.1. The number of hydrogen-bond acceptors (Lipinski definition) is 4. The molecule has 4 rings (SSSR count). The summed E-state index contributed by atoms with van der Waals surface area (Å²) in [5, 5.41) is 2.83. The van der Waals surface area contributed by atoms with Gasteiger partial charge in [0, 0.05) is 49.4 Å². The Morgan fingerprint density at radius 2 is 1.55 bits per heavy atom. The molecule has 1 N–H and O–H groups in total. The quantitative estimate of drug-likeness (QED) is 0.867. The summed E-state index contributed by atoms with van der Waals surface area (Å²) in [6, 6.07) is 12.5. The van der Waals surface area contributed by atoms with E-state index in [1.165, 1.54) is 0 Å². The number of fused-ring (bicyclic) bond motifs is 1. The topological polar surface area (TPSA) is 79.0 Å². The van der Waals surface area contributed by atoms with Gasteiger partial charge in [-0.05, 0) is 48.4 Å². The Labute approximate surface area is 169 Å². The number of benzene rings is 2. The third-order valence-electron chi connectivity index (χ3n) is 5.42. The van der Waals surface area contributed by atoms with Crippen molar-refractivity contribution < 1.29 is 19.1 Å². The van der Waals surface area contributed by atoms with Gasteiger partial charge in [-0.3, -0.25) is 14.4 Å². The molecule has 3 amide bonds. The van der Waals surface area contributed by atoms with Crippen LogP contribution in [-0.4, -0.2) is 60.8 Å². The zero-order valence-electron chi connectivity index (χ0n) is 16.3. The van der Waals surface area contributed by atoms with Crippen LogP contribution in [0.25, 0.3) is 0 Å². The van der Waals surface area contributed by atoms with Crippen LogP contribution in [0.1, 0.15) is 32.7 Å². The Hall–Kier alpha value is -3.35. The molecule has 2 aromatic carbocycles. The number of carbonyl (C=O) groups excluding carboxylic acids is 3. The number of methoxy groups -OCH3 is 1.